The minimum Gasteiger partial charge on any atom is -0.326 e. The molecule has 0 aliphatic carbocycles. The predicted molar refractivity (Wildman–Crippen MR) is 90.8 cm³/mol. The number of hydrogen-bond acceptors (Lipinski definition) is 3. The van der Waals surface area contributed by atoms with Crippen molar-refractivity contribution in [2.75, 3.05) is 12.4 Å². The summed E-state index contributed by atoms with van der Waals surface area (Å²) in [5, 5.41) is 2.64. The largest absolute Gasteiger partial charge is 0.326 e. The van der Waals surface area contributed by atoms with Crippen LogP contribution in [-0.2, 0) is 21.2 Å². The van der Waals surface area contributed by atoms with Crippen LogP contribution in [0.25, 0.3) is 0 Å². The standard InChI is InChI=1S/C17H19FN2O3S/c1-12-7-9-14(11-16(12)24(22,23)19-2)20-17(21)10-8-13-5-3-4-6-15(13)18/h3-7,9,11,19H,8,10H2,1-2H3,(H,20,21). The van der Waals surface area contributed by atoms with Crippen molar-refractivity contribution in [3.63, 3.8) is 0 Å². The van der Waals surface area contributed by atoms with Crippen LogP contribution in [0.1, 0.15) is 17.5 Å². The molecule has 128 valence electrons. The van der Waals surface area contributed by atoms with E-state index in [1.807, 2.05) is 0 Å². The highest BCUT2D eigenvalue weighted by atomic mass is 32.2. The topological polar surface area (TPSA) is 75.3 Å². The molecule has 0 unspecified atom stereocenters. The van der Waals surface area contributed by atoms with Crippen molar-refractivity contribution in [1.29, 1.82) is 0 Å². The molecular formula is C17H19FN2O3S. The maximum absolute atomic E-state index is 13.5. The number of sulfonamides is 1. The summed E-state index contributed by atoms with van der Waals surface area (Å²) in [6.07, 6.45) is 0.370. The molecule has 2 aromatic rings. The third kappa shape index (κ3) is 4.39. The molecule has 0 aliphatic rings. The fourth-order valence-corrected chi connectivity index (χ4v) is 3.24. The van der Waals surface area contributed by atoms with E-state index in [9.17, 15) is 17.6 Å². The van der Waals surface area contributed by atoms with E-state index < -0.39 is 10.0 Å². The van der Waals surface area contributed by atoms with Crippen LogP contribution in [0.4, 0.5) is 10.1 Å². The molecule has 0 aliphatic heterocycles. The summed E-state index contributed by atoms with van der Waals surface area (Å²) in [6.45, 7) is 1.67. The Bertz CT molecular complexity index is 851. The van der Waals surface area contributed by atoms with Gasteiger partial charge in [-0.1, -0.05) is 24.3 Å². The number of anilines is 1. The number of hydrogen-bond donors (Lipinski definition) is 2. The minimum absolute atomic E-state index is 0.100. The van der Waals surface area contributed by atoms with E-state index in [1.165, 1.54) is 19.2 Å². The van der Waals surface area contributed by atoms with E-state index in [0.29, 0.717) is 16.8 Å². The van der Waals surface area contributed by atoms with Gasteiger partial charge in [0.2, 0.25) is 15.9 Å². The lowest BCUT2D eigenvalue weighted by Crippen LogP contribution is -2.20. The molecule has 2 rings (SSSR count). The van der Waals surface area contributed by atoms with Gasteiger partial charge >= 0.3 is 0 Å². The molecule has 0 saturated heterocycles. The Hall–Kier alpha value is -2.25. The van der Waals surface area contributed by atoms with Gasteiger partial charge in [-0.15, -0.1) is 0 Å². The van der Waals surface area contributed by atoms with Crippen LogP contribution in [-0.4, -0.2) is 21.4 Å². The number of carbonyl (C=O) groups is 1. The fourth-order valence-electron chi connectivity index (χ4n) is 2.25. The second-order valence-corrected chi connectivity index (χ2v) is 7.18. The van der Waals surface area contributed by atoms with Gasteiger partial charge in [-0.25, -0.2) is 17.5 Å². The summed E-state index contributed by atoms with van der Waals surface area (Å²) >= 11 is 0. The minimum atomic E-state index is -3.60. The lowest BCUT2D eigenvalue weighted by molar-refractivity contribution is -0.116. The quantitative estimate of drug-likeness (QED) is 0.841. The first kappa shape index (κ1) is 18.1. The van der Waals surface area contributed by atoms with Gasteiger partial charge in [0.1, 0.15) is 5.82 Å². The van der Waals surface area contributed by atoms with E-state index >= 15 is 0 Å². The summed E-state index contributed by atoms with van der Waals surface area (Å²) in [7, 11) is -2.27. The molecular weight excluding hydrogens is 331 g/mol. The highest BCUT2D eigenvalue weighted by molar-refractivity contribution is 7.89. The molecule has 1 amide bonds. The molecule has 2 N–H and O–H groups in total. The number of benzene rings is 2. The van der Waals surface area contributed by atoms with Gasteiger partial charge in [0, 0.05) is 12.1 Å². The molecule has 0 spiro atoms. The Morgan fingerprint density at radius 3 is 2.54 bits per heavy atom. The van der Waals surface area contributed by atoms with Crippen molar-refractivity contribution in [1.82, 2.24) is 4.72 Å². The van der Waals surface area contributed by atoms with Crippen LogP contribution in [0.15, 0.2) is 47.4 Å². The maximum atomic E-state index is 13.5. The highest BCUT2D eigenvalue weighted by Crippen LogP contribution is 2.20. The van der Waals surface area contributed by atoms with Gasteiger partial charge in [-0.3, -0.25) is 4.79 Å². The Kier molecular flexibility index (Phi) is 5.69. The summed E-state index contributed by atoms with van der Waals surface area (Å²) in [5.74, 6) is -0.655. The maximum Gasteiger partial charge on any atom is 0.240 e. The third-order valence-electron chi connectivity index (χ3n) is 3.61. The van der Waals surface area contributed by atoms with Crippen LogP contribution in [0, 0.1) is 12.7 Å². The SMILES string of the molecule is CNS(=O)(=O)c1cc(NC(=O)CCc2ccccc2F)ccc1C. The van der Waals surface area contributed by atoms with E-state index in [2.05, 4.69) is 10.0 Å². The highest BCUT2D eigenvalue weighted by Gasteiger charge is 2.15. The zero-order valence-electron chi connectivity index (χ0n) is 13.5. The summed E-state index contributed by atoms with van der Waals surface area (Å²) in [5.41, 5.74) is 1.43. The van der Waals surface area contributed by atoms with Crippen LogP contribution in [0.3, 0.4) is 0 Å². The smallest absolute Gasteiger partial charge is 0.240 e. The van der Waals surface area contributed by atoms with Gasteiger partial charge in [0.15, 0.2) is 0 Å². The van der Waals surface area contributed by atoms with Crippen LogP contribution >= 0.6 is 0 Å². The normalized spacial score (nSPS) is 11.3. The van der Waals surface area contributed by atoms with Crippen molar-refractivity contribution in [2.24, 2.45) is 0 Å². The monoisotopic (exact) mass is 350 g/mol. The molecule has 24 heavy (non-hydrogen) atoms. The van der Waals surface area contributed by atoms with Gasteiger partial charge in [0.25, 0.3) is 0 Å². The summed E-state index contributed by atoms with van der Waals surface area (Å²) in [4.78, 5) is 12.1. The Labute approximate surface area is 141 Å². The van der Waals surface area contributed by atoms with E-state index in [0.717, 1.165) is 0 Å². The van der Waals surface area contributed by atoms with E-state index in [-0.39, 0.29) is 29.5 Å². The van der Waals surface area contributed by atoms with Gasteiger partial charge < -0.3 is 5.32 Å². The first-order valence-corrected chi connectivity index (χ1v) is 8.89. The van der Waals surface area contributed by atoms with Gasteiger partial charge in [-0.2, -0.15) is 0 Å². The van der Waals surface area contributed by atoms with Gasteiger partial charge in [0.05, 0.1) is 4.90 Å². The zero-order valence-corrected chi connectivity index (χ0v) is 14.3. The Morgan fingerprint density at radius 2 is 1.88 bits per heavy atom. The Morgan fingerprint density at radius 1 is 1.17 bits per heavy atom. The molecule has 2 aromatic carbocycles. The number of amides is 1. The zero-order chi connectivity index (χ0) is 17.7. The molecule has 0 saturated carbocycles. The van der Waals surface area contributed by atoms with E-state index in [1.54, 1.807) is 37.3 Å². The van der Waals surface area contributed by atoms with Crippen LogP contribution in [0.2, 0.25) is 0 Å². The van der Waals surface area contributed by atoms with Crippen molar-refractivity contribution < 1.29 is 17.6 Å². The molecule has 5 nitrogen and oxygen atoms in total. The Balaban J connectivity index is 2.07. The first-order chi connectivity index (χ1) is 11.3. The van der Waals surface area contributed by atoms with E-state index in [4.69, 9.17) is 0 Å². The molecule has 0 heterocycles. The molecule has 0 radical (unpaired) electrons. The number of nitrogens with one attached hydrogen (secondary N) is 2. The second kappa shape index (κ2) is 7.55. The first-order valence-electron chi connectivity index (χ1n) is 7.41. The van der Waals surface area contributed by atoms with Crippen molar-refractivity contribution >= 4 is 21.6 Å². The molecule has 0 atom stereocenters. The molecule has 7 heteroatoms. The van der Waals surface area contributed by atoms with Crippen molar-refractivity contribution in [3.05, 3.63) is 59.4 Å². The number of rotatable bonds is 6. The van der Waals surface area contributed by atoms with Gasteiger partial charge in [-0.05, 0) is 49.7 Å². The van der Waals surface area contributed by atoms with Crippen molar-refractivity contribution in [3.8, 4) is 0 Å². The lowest BCUT2D eigenvalue weighted by atomic mass is 10.1. The lowest BCUT2D eigenvalue weighted by Gasteiger charge is -2.10. The molecule has 0 aromatic heterocycles. The number of aryl methyl sites for hydroxylation is 2. The van der Waals surface area contributed by atoms with Crippen molar-refractivity contribution in [2.45, 2.75) is 24.7 Å². The second-order valence-electron chi connectivity index (χ2n) is 5.33. The summed E-state index contributed by atoms with van der Waals surface area (Å²) in [6, 6.07) is 10.9. The molecule has 0 fully saturated rings. The van der Waals surface area contributed by atoms with Crippen LogP contribution in [0.5, 0.6) is 0 Å². The summed E-state index contributed by atoms with van der Waals surface area (Å²) < 4.78 is 39.7. The van der Waals surface area contributed by atoms with Crippen LogP contribution < -0.4 is 10.0 Å². The molecule has 0 bridgehead atoms. The number of carbonyl (C=O) groups excluding carboxylic acids is 1. The average Bonchev–Trinajstić information content (AvgIpc) is 2.55. The fraction of sp³-hybridized carbons (Fsp3) is 0.235. The third-order valence-corrected chi connectivity index (χ3v) is 5.17. The average molecular weight is 350 g/mol. The predicted octanol–water partition coefficient (Wildman–Crippen LogP) is 2.61. The number of halogens is 1.